The van der Waals surface area contributed by atoms with Crippen LogP contribution in [0.3, 0.4) is 0 Å². The summed E-state index contributed by atoms with van der Waals surface area (Å²) >= 11 is 0. The largest absolute Gasteiger partial charge is 0.497 e. The Morgan fingerprint density at radius 2 is 1.81 bits per heavy atom. The van der Waals surface area contributed by atoms with Crippen molar-refractivity contribution in [2.75, 3.05) is 32.6 Å². The van der Waals surface area contributed by atoms with Crippen LogP contribution >= 0.6 is 0 Å². The van der Waals surface area contributed by atoms with Crippen LogP contribution in [0.15, 0.2) is 36.7 Å². The fourth-order valence-corrected chi connectivity index (χ4v) is 2.41. The highest BCUT2D eigenvalue weighted by Gasteiger charge is 2.10. The van der Waals surface area contributed by atoms with Gasteiger partial charge in [0.1, 0.15) is 5.75 Å². The first-order chi connectivity index (χ1) is 12.7. The van der Waals surface area contributed by atoms with Gasteiger partial charge in [0.15, 0.2) is 11.5 Å². The average molecular weight is 358 g/mol. The third-order valence-electron chi connectivity index (χ3n) is 3.86. The molecule has 0 radical (unpaired) electrons. The number of nitrogens with two attached hydrogens (primary N) is 1. The van der Waals surface area contributed by atoms with Gasteiger partial charge in [0.25, 0.3) is 5.91 Å². The van der Waals surface area contributed by atoms with Gasteiger partial charge in [0.05, 0.1) is 7.11 Å². The van der Waals surface area contributed by atoms with Gasteiger partial charge in [-0.15, -0.1) is 0 Å². The van der Waals surface area contributed by atoms with Gasteiger partial charge in [-0.3, -0.25) is 4.79 Å². The lowest BCUT2D eigenvalue weighted by Crippen LogP contribution is -2.26. The molecule has 7 heteroatoms. The standard InChI is InChI=1S/C19H26N4O3/c1-25-16-8-6-15(7-9-16)5-4-14-26-13-3-2-10-23-19(24)17-18(20)22-12-11-21-17/h6-9,11-12H,2-5,10,13-14H2,1H3,(H2,20,22)(H,23,24). The van der Waals surface area contributed by atoms with Gasteiger partial charge in [0.2, 0.25) is 0 Å². The summed E-state index contributed by atoms with van der Waals surface area (Å²) in [5.74, 6) is 0.722. The first-order valence-corrected chi connectivity index (χ1v) is 8.76. The van der Waals surface area contributed by atoms with E-state index in [1.54, 1.807) is 7.11 Å². The van der Waals surface area contributed by atoms with E-state index in [0.717, 1.165) is 38.0 Å². The smallest absolute Gasteiger partial charge is 0.273 e. The molecule has 0 saturated heterocycles. The van der Waals surface area contributed by atoms with Gasteiger partial charge in [-0.2, -0.15) is 0 Å². The van der Waals surface area contributed by atoms with Crippen molar-refractivity contribution in [2.24, 2.45) is 0 Å². The number of aromatic nitrogens is 2. The zero-order valence-corrected chi connectivity index (χ0v) is 15.1. The summed E-state index contributed by atoms with van der Waals surface area (Å²) in [6.45, 7) is 1.98. The molecule has 140 valence electrons. The summed E-state index contributed by atoms with van der Waals surface area (Å²) in [5, 5.41) is 2.79. The normalized spacial score (nSPS) is 10.5. The molecule has 2 aromatic rings. The first kappa shape index (κ1) is 19.7. The predicted octanol–water partition coefficient (Wildman–Crippen LogP) is 2.23. The van der Waals surface area contributed by atoms with Crippen molar-refractivity contribution >= 4 is 11.7 Å². The summed E-state index contributed by atoms with van der Waals surface area (Å²) in [4.78, 5) is 19.7. The van der Waals surface area contributed by atoms with E-state index in [0.29, 0.717) is 13.2 Å². The fraction of sp³-hybridized carbons (Fsp3) is 0.421. The van der Waals surface area contributed by atoms with Crippen LogP contribution in [0.1, 0.15) is 35.3 Å². The van der Waals surface area contributed by atoms with Gasteiger partial charge < -0.3 is 20.5 Å². The molecule has 0 unspecified atom stereocenters. The number of aryl methyl sites for hydroxylation is 1. The van der Waals surface area contributed by atoms with Gasteiger partial charge >= 0.3 is 0 Å². The molecule has 1 amide bonds. The number of nitrogen functional groups attached to an aromatic ring is 1. The van der Waals surface area contributed by atoms with Crippen LogP contribution < -0.4 is 15.8 Å². The average Bonchev–Trinajstić information content (AvgIpc) is 2.67. The number of rotatable bonds is 11. The van der Waals surface area contributed by atoms with Crippen molar-refractivity contribution in [1.82, 2.24) is 15.3 Å². The zero-order valence-electron chi connectivity index (χ0n) is 15.1. The van der Waals surface area contributed by atoms with Crippen LogP contribution in [-0.2, 0) is 11.2 Å². The van der Waals surface area contributed by atoms with E-state index >= 15 is 0 Å². The fourth-order valence-electron chi connectivity index (χ4n) is 2.41. The number of carbonyl (C=O) groups is 1. The molecule has 0 fully saturated rings. The number of ether oxygens (including phenoxy) is 2. The molecule has 3 N–H and O–H groups in total. The predicted molar refractivity (Wildman–Crippen MR) is 100 cm³/mol. The van der Waals surface area contributed by atoms with E-state index in [9.17, 15) is 4.79 Å². The lowest BCUT2D eigenvalue weighted by Gasteiger charge is -2.07. The van der Waals surface area contributed by atoms with Gasteiger partial charge in [-0.05, 0) is 43.4 Å². The minimum atomic E-state index is -0.295. The maximum atomic E-state index is 11.9. The number of anilines is 1. The molecule has 1 heterocycles. The van der Waals surface area contributed by atoms with Crippen molar-refractivity contribution < 1.29 is 14.3 Å². The number of carbonyl (C=O) groups excluding carboxylic acids is 1. The summed E-state index contributed by atoms with van der Waals surface area (Å²) in [5.41, 5.74) is 7.06. The molecule has 0 spiro atoms. The van der Waals surface area contributed by atoms with Gasteiger partial charge in [-0.1, -0.05) is 12.1 Å². The molecule has 0 atom stereocenters. The highest BCUT2D eigenvalue weighted by Crippen LogP contribution is 2.12. The minimum Gasteiger partial charge on any atom is -0.497 e. The van der Waals surface area contributed by atoms with Crippen LogP contribution in [0, 0.1) is 0 Å². The number of hydrogen-bond acceptors (Lipinski definition) is 6. The number of benzene rings is 1. The second-order valence-electron chi connectivity index (χ2n) is 5.82. The zero-order chi connectivity index (χ0) is 18.6. The third-order valence-corrected chi connectivity index (χ3v) is 3.86. The van der Waals surface area contributed by atoms with E-state index in [4.69, 9.17) is 15.2 Å². The van der Waals surface area contributed by atoms with E-state index in [-0.39, 0.29) is 17.4 Å². The van der Waals surface area contributed by atoms with Crippen molar-refractivity contribution in [3.8, 4) is 5.75 Å². The van der Waals surface area contributed by atoms with Crippen molar-refractivity contribution in [3.63, 3.8) is 0 Å². The van der Waals surface area contributed by atoms with Gasteiger partial charge in [-0.25, -0.2) is 9.97 Å². The lowest BCUT2D eigenvalue weighted by molar-refractivity contribution is 0.0944. The Kier molecular flexibility index (Phi) is 8.35. The maximum Gasteiger partial charge on any atom is 0.273 e. The first-order valence-electron chi connectivity index (χ1n) is 8.76. The third kappa shape index (κ3) is 6.68. The maximum absolute atomic E-state index is 11.9. The molecule has 1 aromatic heterocycles. The second kappa shape index (κ2) is 11.0. The highest BCUT2D eigenvalue weighted by molar-refractivity contribution is 5.96. The van der Waals surface area contributed by atoms with Crippen LogP contribution in [0.4, 0.5) is 5.82 Å². The van der Waals surface area contributed by atoms with E-state index in [1.807, 2.05) is 12.1 Å². The number of amides is 1. The Morgan fingerprint density at radius 1 is 1.08 bits per heavy atom. The Hall–Kier alpha value is -2.67. The van der Waals surface area contributed by atoms with E-state index in [1.165, 1.54) is 18.0 Å². The lowest BCUT2D eigenvalue weighted by atomic mass is 10.1. The molecule has 26 heavy (non-hydrogen) atoms. The van der Waals surface area contributed by atoms with E-state index in [2.05, 4.69) is 27.4 Å². The van der Waals surface area contributed by atoms with Crippen LogP contribution in [0.2, 0.25) is 0 Å². The second-order valence-corrected chi connectivity index (χ2v) is 5.82. The minimum absolute atomic E-state index is 0.144. The Morgan fingerprint density at radius 3 is 2.54 bits per heavy atom. The number of hydrogen-bond donors (Lipinski definition) is 2. The number of unbranched alkanes of at least 4 members (excludes halogenated alkanes) is 1. The van der Waals surface area contributed by atoms with Crippen LogP contribution in [0.5, 0.6) is 5.75 Å². The summed E-state index contributed by atoms with van der Waals surface area (Å²) in [6, 6.07) is 8.09. The molecule has 7 nitrogen and oxygen atoms in total. The molecular weight excluding hydrogens is 332 g/mol. The number of nitrogens with zero attached hydrogens (tertiary/aromatic N) is 2. The molecule has 1 aromatic carbocycles. The summed E-state index contributed by atoms with van der Waals surface area (Å²) in [6.07, 6.45) is 6.60. The van der Waals surface area contributed by atoms with Crippen molar-refractivity contribution in [3.05, 3.63) is 47.9 Å². The van der Waals surface area contributed by atoms with E-state index < -0.39 is 0 Å². The Balaban J connectivity index is 1.48. The molecular formula is C19H26N4O3. The number of nitrogens with one attached hydrogen (secondary N) is 1. The SMILES string of the molecule is COc1ccc(CCCOCCCCNC(=O)c2nccnc2N)cc1. The van der Waals surface area contributed by atoms with Crippen molar-refractivity contribution in [1.29, 1.82) is 0 Å². The van der Waals surface area contributed by atoms with Crippen LogP contribution in [0.25, 0.3) is 0 Å². The Labute approximate surface area is 153 Å². The van der Waals surface area contributed by atoms with Crippen molar-refractivity contribution in [2.45, 2.75) is 25.7 Å². The van der Waals surface area contributed by atoms with Crippen LogP contribution in [-0.4, -0.2) is 42.7 Å². The molecule has 0 aliphatic heterocycles. The number of methoxy groups -OCH3 is 1. The molecule has 0 aliphatic rings. The quantitative estimate of drug-likeness (QED) is 0.598. The monoisotopic (exact) mass is 358 g/mol. The highest BCUT2D eigenvalue weighted by atomic mass is 16.5. The molecule has 0 aliphatic carbocycles. The summed E-state index contributed by atoms with van der Waals surface area (Å²) in [7, 11) is 1.67. The molecule has 0 saturated carbocycles. The Bertz CT molecular complexity index is 677. The topological polar surface area (TPSA) is 99.4 Å². The van der Waals surface area contributed by atoms with Gasteiger partial charge in [0, 0.05) is 32.2 Å². The molecule has 2 rings (SSSR count). The summed E-state index contributed by atoms with van der Waals surface area (Å²) < 4.78 is 10.8. The molecule has 0 bridgehead atoms.